The van der Waals surface area contributed by atoms with Gasteiger partial charge in [-0.25, -0.2) is 4.98 Å². The Kier molecular flexibility index (Phi) is 4.88. The van der Waals surface area contributed by atoms with Crippen LogP contribution >= 0.6 is 0 Å². The van der Waals surface area contributed by atoms with Gasteiger partial charge in [0, 0.05) is 11.3 Å². The van der Waals surface area contributed by atoms with E-state index in [0.29, 0.717) is 11.1 Å². The Bertz CT molecular complexity index is 720. The molecule has 5 nitrogen and oxygen atoms in total. The molecule has 0 aliphatic heterocycles. The number of anilines is 1. The number of fused-ring (bicyclic) bond motifs is 1. The Hall–Kier alpha value is -2.17. The Morgan fingerprint density at radius 3 is 2.52 bits per heavy atom. The monoisotopic (exact) mass is 315 g/mol. The van der Waals surface area contributed by atoms with Crippen molar-refractivity contribution in [3.05, 3.63) is 40.1 Å². The molecule has 1 aromatic heterocycles. The van der Waals surface area contributed by atoms with Crippen LogP contribution in [0.1, 0.15) is 58.6 Å². The smallest absolute Gasteiger partial charge is 0.314 e. The Labute approximate surface area is 137 Å². The Morgan fingerprint density at radius 2 is 1.96 bits per heavy atom. The van der Waals surface area contributed by atoms with E-state index in [0.717, 1.165) is 24.8 Å². The predicted octanol–water partition coefficient (Wildman–Crippen LogP) is 5.05. The van der Waals surface area contributed by atoms with E-state index in [1.165, 1.54) is 0 Å². The third-order valence-electron chi connectivity index (χ3n) is 4.34. The topological polar surface area (TPSA) is 82.0 Å². The lowest BCUT2D eigenvalue weighted by Gasteiger charge is -2.30. The van der Waals surface area contributed by atoms with Gasteiger partial charge in [0.1, 0.15) is 11.4 Å². The molecular weight excluding hydrogens is 290 g/mol. The molecule has 1 atom stereocenters. The fourth-order valence-electron chi connectivity index (χ4n) is 3.07. The molecule has 0 amide bonds. The summed E-state index contributed by atoms with van der Waals surface area (Å²) in [6.45, 7) is 8.43. The third-order valence-corrected chi connectivity index (χ3v) is 4.34. The number of rotatable bonds is 5. The molecule has 0 saturated heterocycles. The van der Waals surface area contributed by atoms with Crippen molar-refractivity contribution in [2.24, 2.45) is 5.41 Å². The molecule has 2 aromatic rings. The van der Waals surface area contributed by atoms with Gasteiger partial charge >= 0.3 is 5.69 Å². The summed E-state index contributed by atoms with van der Waals surface area (Å²) in [4.78, 5) is 16.0. The molecule has 0 radical (unpaired) electrons. The number of nitrogens with two attached hydrogens (primary N) is 1. The first-order valence-electron chi connectivity index (χ1n) is 8.09. The van der Waals surface area contributed by atoms with Gasteiger partial charge in [0.05, 0.1) is 10.4 Å². The molecule has 2 rings (SSSR count). The van der Waals surface area contributed by atoms with Gasteiger partial charge in [-0.05, 0) is 17.9 Å². The number of nitro groups is 1. The average Bonchev–Trinajstić information content (AvgIpc) is 2.46. The summed E-state index contributed by atoms with van der Waals surface area (Å²) in [5.74, 6) is -0.00486. The van der Waals surface area contributed by atoms with E-state index in [-0.39, 0.29) is 27.6 Å². The first kappa shape index (κ1) is 17.2. The summed E-state index contributed by atoms with van der Waals surface area (Å²) in [5, 5.41) is 12.3. The first-order valence-corrected chi connectivity index (χ1v) is 8.09. The highest BCUT2D eigenvalue weighted by Crippen LogP contribution is 2.44. The van der Waals surface area contributed by atoms with Crippen molar-refractivity contribution < 1.29 is 4.92 Å². The molecule has 5 heteroatoms. The molecule has 2 N–H and O–H groups in total. The second-order valence-corrected chi connectivity index (χ2v) is 7.09. The maximum Gasteiger partial charge on any atom is 0.314 e. The van der Waals surface area contributed by atoms with Crippen molar-refractivity contribution in [2.45, 2.75) is 52.9 Å². The van der Waals surface area contributed by atoms with Crippen LogP contribution in [0.2, 0.25) is 0 Å². The number of unbranched alkanes of at least 4 members (excludes halogenated alkanes) is 1. The van der Waals surface area contributed by atoms with Gasteiger partial charge in [-0.15, -0.1) is 0 Å². The quantitative estimate of drug-likeness (QED) is 0.618. The summed E-state index contributed by atoms with van der Waals surface area (Å²) in [6.07, 6.45) is 2.92. The van der Waals surface area contributed by atoms with Crippen LogP contribution in [0.25, 0.3) is 10.9 Å². The van der Waals surface area contributed by atoms with Crippen LogP contribution in [-0.2, 0) is 0 Å². The van der Waals surface area contributed by atoms with Crippen molar-refractivity contribution in [3.63, 3.8) is 0 Å². The molecule has 0 unspecified atom stereocenters. The lowest BCUT2D eigenvalue weighted by molar-refractivity contribution is -0.385. The highest BCUT2D eigenvalue weighted by molar-refractivity contribution is 5.95. The number of benzene rings is 1. The van der Waals surface area contributed by atoms with Gasteiger partial charge in [0.2, 0.25) is 0 Å². The molecule has 0 aliphatic rings. The van der Waals surface area contributed by atoms with Crippen molar-refractivity contribution in [2.75, 3.05) is 5.73 Å². The van der Waals surface area contributed by atoms with E-state index in [1.807, 2.05) is 18.2 Å². The highest BCUT2D eigenvalue weighted by atomic mass is 16.6. The summed E-state index contributed by atoms with van der Waals surface area (Å²) in [6, 6.07) is 7.34. The number of nitrogen functional groups attached to an aromatic ring is 1. The minimum atomic E-state index is -0.380. The minimum Gasteiger partial charge on any atom is -0.393 e. The molecule has 124 valence electrons. The zero-order valence-electron chi connectivity index (χ0n) is 14.3. The molecular formula is C18H25N3O2. The zero-order valence-corrected chi connectivity index (χ0v) is 14.3. The second-order valence-electron chi connectivity index (χ2n) is 7.09. The van der Waals surface area contributed by atoms with Gasteiger partial charge in [-0.3, -0.25) is 10.1 Å². The van der Waals surface area contributed by atoms with Crippen LogP contribution in [0.4, 0.5) is 11.4 Å². The van der Waals surface area contributed by atoms with Crippen LogP contribution in [0, 0.1) is 15.5 Å². The summed E-state index contributed by atoms with van der Waals surface area (Å²) in [5.41, 5.74) is 7.46. The minimum absolute atomic E-state index is 0.00486. The molecule has 0 aliphatic carbocycles. The summed E-state index contributed by atoms with van der Waals surface area (Å²) in [7, 11) is 0. The number of hydrogen-bond donors (Lipinski definition) is 1. The standard InChI is InChI=1S/C18H25N3O2/c1-5-6-10-13(18(2,3)4)16-17(21(22)23)15(19)12-9-7-8-11-14(12)20-16/h7-9,11,13H,5-6,10H2,1-4H3,(H2,19,20)/t13-/m0/s1. The van der Waals surface area contributed by atoms with Crippen LogP contribution in [0.3, 0.4) is 0 Å². The Balaban J connectivity index is 2.74. The molecule has 0 saturated carbocycles. The van der Waals surface area contributed by atoms with E-state index < -0.39 is 0 Å². The van der Waals surface area contributed by atoms with Crippen LogP contribution < -0.4 is 5.73 Å². The predicted molar refractivity (Wildman–Crippen MR) is 94.5 cm³/mol. The summed E-state index contributed by atoms with van der Waals surface area (Å²) >= 11 is 0. The number of nitrogens with zero attached hydrogens (tertiary/aromatic N) is 2. The van der Waals surface area contributed by atoms with E-state index >= 15 is 0 Å². The van der Waals surface area contributed by atoms with E-state index in [2.05, 4.69) is 32.7 Å². The lowest BCUT2D eigenvalue weighted by atomic mass is 9.75. The van der Waals surface area contributed by atoms with Crippen molar-refractivity contribution in [1.82, 2.24) is 4.98 Å². The maximum atomic E-state index is 11.7. The molecule has 0 spiro atoms. The van der Waals surface area contributed by atoms with Crippen LogP contribution in [0.5, 0.6) is 0 Å². The zero-order chi connectivity index (χ0) is 17.2. The highest BCUT2D eigenvalue weighted by Gasteiger charge is 2.35. The van der Waals surface area contributed by atoms with Gasteiger partial charge in [0.25, 0.3) is 0 Å². The van der Waals surface area contributed by atoms with Crippen LogP contribution in [-0.4, -0.2) is 9.91 Å². The number of para-hydroxylation sites is 1. The normalized spacial score (nSPS) is 13.2. The fraction of sp³-hybridized carbons (Fsp3) is 0.500. The third kappa shape index (κ3) is 3.44. The van der Waals surface area contributed by atoms with Gasteiger partial charge in [-0.2, -0.15) is 0 Å². The Morgan fingerprint density at radius 1 is 1.30 bits per heavy atom. The SMILES string of the molecule is CCCC[C@@H](c1nc2ccccc2c(N)c1[N+](=O)[O-])C(C)(C)C. The maximum absolute atomic E-state index is 11.7. The van der Waals surface area contributed by atoms with E-state index in [4.69, 9.17) is 5.73 Å². The molecule has 0 fully saturated rings. The average molecular weight is 315 g/mol. The second kappa shape index (κ2) is 6.52. The van der Waals surface area contributed by atoms with E-state index in [1.54, 1.807) is 6.07 Å². The van der Waals surface area contributed by atoms with Crippen molar-refractivity contribution in [1.29, 1.82) is 0 Å². The number of pyridine rings is 1. The van der Waals surface area contributed by atoms with Crippen molar-refractivity contribution in [3.8, 4) is 0 Å². The lowest BCUT2D eigenvalue weighted by Crippen LogP contribution is -2.21. The number of hydrogen-bond acceptors (Lipinski definition) is 4. The largest absolute Gasteiger partial charge is 0.393 e. The molecule has 0 bridgehead atoms. The molecule has 1 heterocycles. The van der Waals surface area contributed by atoms with Crippen LogP contribution in [0.15, 0.2) is 24.3 Å². The van der Waals surface area contributed by atoms with Crippen molar-refractivity contribution >= 4 is 22.3 Å². The summed E-state index contributed by atoms with van der Waals surface area (Å²) < 4.78 is 0. The van der Waals surface area contributed by atoms with Gasteiger partial charge in [-0.1, -0.05) is 58.7 Å². The fourth-order valence-corrected chi connectivity index (χ4v) is 3.07. The molecule has 1 aromatic carbocycles. The molecule has 23 heavy (non-hydrogen) atoms. The van der Waals surface area contributed by atoms with Gasteiger partial charge in [0.15, 0.2) is 0 Å². The van der Waals surface area contributed by atoms with Gasteiger partial charge < -0.3 is 5.73 Å². The van der Waals surface area contributed by atoms with E-state index in [9.17, 15) is 10.1 Å². The number of aromatic nitrogens is 1. The first-order chi connectivity index (χ1) is 10.8.